The van der Waals surface area contributed by atoms with Crippen LogP contribution in [0.15, 0.2) is 91.3 Å². The van der Waals surface area contributed by atoms with Crippen LogP contribution >= 0.6 is 0 Å². The Hall–Kier alpha value is -4.16. The molecule has 0 spiro atoms. The molecule has 12 heteroatoms. The summed E-state index contributed by atoms with van der Waals surface area (Å²) in [6.45, 7) is 3.69. The van der Waals surface area contributed by atoms with Crippen molar-refractivity contribution < 1.29 is 26.3 Å². The SMILES string of the molecule is CCCS(=O)(=O)Nc1nccc(CC(C)S(=O)(=O)Nc2ncccc2OCc2ccccc2)c1OCc1ccccc1. The van der Waals surface area contributed by atoms with Gasteiger partial charge in [-0.1, -0.05) is 67.6 Å². The summed E-state index contributed by atoms with van der Waals surface area (Å²) in [5.74, 6) is 0.456. The van der Waals surface area contributed by atoms with Gasteiger partial charge in [-0.2, -0.15) is 0 Å². The van der Waals surface area contributed by atoms with E-state index in [0.29, 0.717) is 17.7 Å². The highest BCUT2D eigenvalue weighted by atomic mass is 32.2. The zero-order valence-corrected chi connectivity index (χ0v) is 25.1. The first kappa shape index (κ1) is 30.8. The predicted molar refractivity (Wildman–Crippen MR) is 163 cm³/mol. The van der Waals surface area contributed by atoms with E-state index in [0.717, 1.165) is 11.1 Å². The molecule has 0 amide bonds. The monoisotopic (exact) mass is 610 g/mol. The minimum absolute atomic E-state index is 0.00997. The van der Waals surface area contributed by atoms with Gasteiger partial charge in [-0.05, 0) is 49.1 Å². The molecular formula is C30H34N4O6S2. The predicted octanol–water partition coefficient (Wildman–Crippen LogP) is 5.16. The average molecular weight is 611 g/mol. The van der Waals surface area contributed by atoms with E-state index in [-0.39, 0.29) is 42.8 Å². The molecule has 0 aliphatic rings. The molecule has 0 bridgehead atoms. The molecule has 2 aromatic carbocycles. The summed E-state index contributed by atoms with van der Waals surface area (Å²) in [4.78, 5) is 8.40. The van der Waals surface area contributed by atoms with Gasteiger partial charge in [0.2, 0.25) is 20.0 Å². The summed E-state index contributed by atoms with van der Waals surface area (Å²) in [7, 11) is -7.64. The lowest BCUT2D eigenvalue weighted by molar-refractivity contribution is 0.303. The summed E-state index contributed by atoms with van der Waals surface area (Å²) < 4.78 is 69.0. The molecule has 0 aliphatic carbocycles. The smallest absolute Gasteiger partial charge is 0.236 e. The molecule has 0 aliphatic heterocycles. The Morgan fingerprint density at radius 1 is 0.738 bits per heavy atom. The maximum Gasteiger partial charge on any atom is 0.236 e. The summed E-state index contributed by atoms with van der Waals surface area (Å²) in [6, 6.07) is 23.8. The summed E-state index contributed by atoms with van der Waals surface area (Å²) in [5.41, 5.74) is 2.26. The van der Waals surface area contributed by atoms with Crippen LogP contribution in [0.5, 0.6) is 11.5 Å². The number of aromatic nitrogens is 2. The fraction of sp³-hybridized carbons (Fsp3) is 0.267. The van der Waals surface area contributed by atoms with Gasteiger partial charge in [-0.15, -0.1) is 0 Å². The zero-order chi connectivity index (χ0) is 30.0. The van der Waals surface area contributed by atoms with Crippen LogP contribution in [-0.2, 0) is 39.7 Å². The maximum absolute atomic E-state index is 13.4. The van der Waals surface area contributed by atoms with E-state index in [1.54, 1.807) is 32.0 Å². The number of hydrogen-bond acceptors (Lipinski definition) is 8. The topological polar surface area (TPSA) is 137 Å². The van der Waals surface area contributed by atoms with Crippen molar-refractivity contribution in [3.63, 3.8) is 0 Å². The first-order valence-electron chi connectivity index (χ1n) is 13.5. The number of pyridine rings is 2. The molecule has 4 aromatic rings. The first-order chi connectivity index (χ1) is 20.2. The van der Waals surface area contributed by atoms with Crippen LogP contribution in [-0.4, -0.2) is 37.8 Å². The molecule has 4 rings (SSSR count). The molecule has 42 heavy (non-hydrogen) atoms. The van der Waals surface area contributed by atoms with Crippen molar-refractivity contribution in [1.29, 1.82) is 0 Å². The molecule has 0 saturated carbocycles. The van der Waals surface area contributed by atoms with Crippen molar-refractivity contribution in [1.82, 2.24) is 9.97 Å². The second-order valence-corrected chi connectivity index (χ2v) is 13.6. The number of anilines is 2. The lowest BCUT2D eigenvalue weighted by Gasteiger charge is -2.20. The summed E-state index contributed by atoms with van der Waals surface area (Å²) in [6.07, 6.45) is 3.33. The molecule has 2 N–H and O–H groups in total. The number of ether oxygens (including phenoxy) is 2. The van der Waals surface area contributed by atoms with E-state index in [4.69, 9.17) is 9.47 Å². The molecule has 2 heterocycles. The van der Waals surface area contributed by atoms with Gasteiger partial charge in [0.25, 0.3) is 0 Å². The van der Waals surface area contributed by atoms with Gasteiger partial charge >= 0.3 is 0 Å². The van der Waals surface area contributed by atoms with E-state index in [1.165, 1.54) is 12.4 Å². The van der Waals surface area contributed by atoms with Gasteiger partial charge in [-0.3, -0.25) is 9.44 Å². The standard InChI is InChI=1S/C30H34N4O6S2/c1-3-19-41(35,36)33-30-28(40-22-25-13-8-5-9-14-25)26(16-18-32-30)20-23(2)42(37,38)34-29-27(15-10-17-31-29)39-21-24-11-6-4-7-12-24/h4-18,23H,3,19-22H2,1-2H3,(H,31,34)(H,32,33). The molecule has 1 unspecified atom stereocenters. The van der Waals surface area contributed by atoms with Crippen LogP contribution in [0.2, 0.25) is 0 Å². The Labute approximate surface area is 247 Å². The van der Waals surface area contributed by atoms with Gasteiger partial charge in [0, 0.05) is 18.0 Å². The molecule has 1 atom stereocenters. The maximum atomic E-state index is 13.4. The third kappa shape index (κ3) is 8.67. The van der Waals surface area contributed by atoms with Crippen molar-refractivity contribution in [2.75, 3.05) is 15.2 Å². The van der Waals surface area contributed by atoms with Gasteiger partial charge in [0.1, 0.15) is 13.2 Å². The van der Waals surface area contributed by atoms with Gasteiger partial charge in [-0.25, -0.2) is 26.8 Å². The highest BCUT2D eigenvalue weighted by molar-refractivity contribution is 7.93. The van der Waals surface area contributed by atoms with E-state index in [9.17, 15) is 16.8 Å². The quantitative estimate of drug-likeness (QED) is 0.188. The van der Waals surface area contributed by atoms with Crippen molar-refractivity contribution in [2.45, 2.75) is 45.2 Å². The average Bonchev–Trinajstić information content (AvgIpc) is 2.97. The minimum atomic E-state index is -3.96. The number of hydrogen-bond donors (Lipinski definition) is 2. The highest BCUT2D eigenvalue weighted by Gasteiger charge is 2.26. The largest absolute Gasteiger partial charge is 0.485 e. The van der Waals surface area contributed by atoms with Crippen LogP contribution in [0, 0.1) is 0 Å². The number of nitrogens with one attached hydrogen (secondary N) is 2. The number of sulfonamides is 2. The molecular weight excluding hydrogens is 576 g/mol. The number of rotatable bonds is 15. The Kier molecular flexibility index (Phi) is 10.4. The van der Waals surface area contributed by atoms with Crippen molar-refractivity contribution in [3.8, 4) is 11.5 Å². The van der Waals surface area contributed by atoms with E-state index < -0.39 is 25.3 Å². The Balaban J connectivity index is 1.55. The Morgan fingerprint density at radius 3 is 2.00 bits per heavy atom. The van der Waals surface area contributed by atoms with Crippen LogP contribution in [0.3, 0.4) is 0 Å². The number of nitrogens with zero attached hydrogens (tertiary/aromatic N) is 2. The Bertz CT molecular complexity index is 1670. The minimum Gasteiger partial charge on any atom is -0.485 e. The van der Waals surface area contributed by atoms with Crippen LogP contribution in [0.4, 0.5) is 11.6 Å². The van der Waals surface area contributed by atoms with Crippen LogP contribution in [0.25, 0.3) is 0 Å². The van der Waals surface area contributed by atoms with Crippen LogP contribution in [0.1, 0.15) is 37.0 Å². The van der Waals surface area contributed by atoms with Gasteiger partial charge in [0.05, 0.1) is 11.0 Å². The third-order valence-electron chi connectivity index (χ3n) is 6.22. The molecule has 10 nitrogen and oxygen atoms in total. The van der Waals surface area contributed by atoms with Crippen LogP contribution < -0.4 is 18.9 Å². The summed E-state index contributed by atoms with van der Waals surface area (Å²) >= 11 is 0. The molecule has 222 valence electrons. The second kappa shape index (κ2) is 14.1. The zero-order valence-electron chi connectivity index (χ0n) is 23.4. The highest BCUT2D eigenvalue weighted by Crippen LogP contribution is 2.31. The fourth-order valence-electron chi connectivity index (χ4n) is 4.05. The van der Waals surface area contributed by atoms with Gasteiger partial charge < -0.3 is 9.47 Å². The van der Waals surface area contributed by atoms with Gasteiger partial charge in [0.15, 0.2) is 23.1 Å². The normalized spacial score (nSPS) is 12.3. The molecule has 0 fully saturated rings. The first-order valence-corrected chi connectivity index (χ1v) is 16.6. The van der Waals surface area contributed by atoms with E-state index in [2.05, 4.69) is 19.4 Å². The van der Waals surface area contributed by atoms with Crippen molar-refractivity contribution >= 4 is 31.7 Å². The summed E-state index contributed by atoms with van der Waals surface area (Å²) in [5, 5.41) is -0.956. The molecule has 0 radical (unpaired) electrons. The van der Waals surface area contributed by atoms with E-state index >= 15 is 0 Å². The molecule has 2 aromatic heterocycles. The number of benzene rings is 2. The Morgan fingerprint density at radius 2 is 1.36 bits per heavy atom. The lowest BCUT2D eigenvalue weighted by atomic mass is 10.1. The molecule has 0 saturated heterocycles. The second-order valence-electron chi connectivity index (χ2n) is 9.63. The van der Waals surface area contributed by atoms with Crippen molar-refractivity contribution in [2.24, 2.45) is 0 Å². The van der Waals surface area contributed by atoms with Crippen molar-refractivity contribution in [3.05, 3.63) is 108 Å². The third-order valence-corrected chi connectivity index (χ3v) is 9.38. The lowest BCUT2D eigenvalue weighted by Crippen LogP contribution is -2.28. The van der Waals surface area contributed by atoms with E-state index in [1.807, 2.05) is 60.7 Å². The fourth-order valence-corrected chi connectivity index (χ4v) is 6.16.